The molecule has 0 saturated carbocycles. The van der Waals surface area contributed by atoms with Gasteiger partial charge < -0.3 is 38.5 Å². The molecule has 0 aromatic heterocycles. The van der Waals surface area contributed by atoms with Crippen molar-refractivity contribution in [2.75, 3.05) is 26.4 Å². The van der Waals surface area contributed by atoms with Crippen molar-refractivity contribution in [3.63, 3.8) is 0 Å². The maximum atomic E-state index is 9.77. The van der Waals surface area contributed by atoms with Crippen LogP contribution in [0.15, 0.2) is 0 Å². The van der Waals surface area contributed by atoms with E-state index < -0.39 is 5.60 Å². The minimum atomic E-state index is -0.458. The van der Waals surface area contributed by atoms with Crippen molar-refractivity contribution in [3.8, 4) is 0 Å². The number of carbonyl (C=O) groups is 1. The number of ketones is 1. The van der Waals surface area contributed by atoms with Crippen LogP contribution in [0.4, 0.5) is 0 Å². The van der Waals surface area contributed by atoms with Gasteiger partial charge in [-0.15, -0.1) is 0 Å². The Hall–Kier alpha value is 0.796. The number of hydrogen-bond donors (Lipinski definition) is 1. The Morgan fingerprint density at radius 2 is 1.69 bits per heavy atom. The van der Waals surface area contributed by atoms with Gasteiger partial charge >= 0.3 is 23.1 Å². The van der Waals surface area contributed by atoms with Crippen LogP contribution < -0.4 is 17.0 Å². The molecule has 4 nitrogen and oxygen atoms in total. The van der Waals surface area contributed by atoms with Gasteiger partial charge in [-0.05, 0) is 6.42 Å². The number of aliphatic hydroxyl groups is 1. The Labute approximate surface area is 124 Å². The molecule has 2 rings (SSSR count). The molecule has 2 aliphatic heterocycles. The summed E-state index contributed by atoms with van der Waals surface area (Å²) in [4.78, 5) is 9.77. The fourth-order valence-corrected chi connectivity index (χ4v) is 0.727. The SMILES string of the molecule is CCC1(O)COC1.O=C1COC1.[Br-].[CH2-]C.[Mg+2]. The van der Waals surface area contributed by atoms with Crippen LogP contribution in [-0.4, -0.2) is 66.0 Å². The van der Waals surface area contributed by atoms with E-state index in [4.69, 9.17) is 9.84 Å². The maximum absolute atomic E-state index is 9.77. The van der Waals surface area contributed by atoms with Crippen molar-refractivity contribution in [3.05, 3.63) is 6.92 Å². The van der Waals surface area contributed by atoms with Crippen molar-refractivity contribution in [1.29, 1.82) is 0 Å². The molecule has 16 heavy (non-hydrogen) atoms. The number of carbonyl (C=O) groups excluding carboxylic acids is 1. The quantitative estimate of drug-likeness (QED) is 0.420. The van der Waals surface area contributed by atoms with Gasteiger partial charge in [0.05, 0.1) is 13.2 Å². The Bertz CT molecular complexity index is 163. The second kappa shape index (κ2) is 12.3. The Morgan fingerprint density at radius 1 is 1.31 bits per heavy atom. The molecule has 6 heteroatoms. The van der Waals surface area contributed by atoms with Gasteiger partial charge in [0, 0.05) is 0 Å². The van der Waals surface area contributed by atoms with Gasteiger partial charge in [0.15, 0.2) is 5.78 Å². The van der Waals surface area contributed by atoms with Crippen LogP contribution in [-0.2, 0) is 14.3 Å². The van der Waals surface area contributed by atoms with Crippen molar-refractivity contribution in [2.45, 2.75) is 25.9 Å². The van der Waals surface area contributed by atoms with Gasteiger partial charge in [0.2, 0.25) is 0 Å². The number of rotatable bonds is 1. The van der Waals surface area contributed by atoms with Crippen LogP contribution in [0.1, 0.15) is 20.3 Å². The third kappa shape index (κ3) is 8.89. The van der Waals surface area contributed by atoms with Crippen LogP contribution >= 0.6 is 0 Å². The predicted molar refractivity (Wildman–Crippen MR) is 58.7 cm³/mol. The first-order valence-electron chi connectivity index (χ1n) is 4.76. The summed E-state index contributed by atoms with van der Waals surface area (Å²) in [7, 11) is 0. The molecule has 92 valence electrons. The van der Waals surface area contributed by atoms with Gasteiger partial charge in [0.1, 0.15) is 18.8 Å². The zero-order valence-electron chi connectivity index (χ0n) is 10.00. The standard InChI is InChI=1S/C5H10O2.C3H4O2.C2H5.BrH.Mg/c1-2-5(6)3-7-4-5;4-3-1-5-2-3;1-2;;/h6H,2-4H2,1H3;1-2H2;1H2,2H3;1H;/q;;-1;;+2/p-1. The molecule has 0 radical (unpaired) electrons. The maximum Gasteiger partial charge on any atom is 2.00 e. The second-order valence-electron chi connectivity index (χ2n) is 3.10. The van der Waals surface area contributed by atoms with E-state index in [0.717, 1.165) is 6.42 Å². The van der Waals surface area contributed by atoms with Crippen LogP contribution in [0, 0.1) is 6.92 Å². The summed E-state index contributed by atoms with van der Waals surface area (Å²) in [6.45, 7) is 8.72. The van der Waals surface area contributed by atoms with Crippen LogP contribution in [0.5, 0.6) is 0 Å². The molecule has 1 N–H and O–H groups in total. The Morgan fingerprint density at radius 3 is 1.69 bits per heavy atom. The molecule has 2 saturated heterocycles. The van der Waals surface area contributed by atoms with E-state index in [1.165, 1.54) is 0 Å². The normalized spacial score (nSPS) is 18.9. The zero-order valence-corrected chi connectivity index (χ0v) is 13.0. The van der Waals surface area contributed by atoms with E-state index in [9.17, 15) is 4.79 Å². The molecule has 0 unspecified atom stereocenters. The first kappa shape index (κ1) is 22.0. The average molecular weight is 307 g/mol. The molecule has 0 bridgehead atoms. The summed E-state index contributed by atoms with van der Waals surface area (Å²) >= 11 is 0. The van der Waals surface area contributed by atoms with E-state index in [1.54, 1.807) is 6.92 Å². The number of ether oxygens (including phenoxy) is 2. The van der Waals surface area contributed by atoms with E-state index in [-0.39, 0.29) is 45.8 Å². The third-order valence-electron chi connectivity index (χ3n) is 1.93. The largest absolute Gasteiger partial charge is 2.00 e. The van der Waals surface area contributed by atoms with Crippen LogP contribution in [0.25, 0.3) is 0 Å². The first-order valence-corrected chi connectivity index (χ1v) is 4.76. The van der Waals surface area contributed by atoms with Crippen molar-refractivity contribution in [1.82, 2.24) is 0 Å². The van der Waals surface area contributed by atoms with Crippen LogP contribution in [0.3, 0.4) is 0 Å². The summed E-state index contributed by atoms with van der Waals surface area (Å²) in [5.41, 5.74) is -0.458. The predicted octanol–water partition coefficient (Wildman–Crippen LogP) is -2.79. The summed E-state index contributed by atoms with van der Waals surface area (Å²) in [6.07, 6.45) is 0.812. The average Bonchev–Trinajstić information content (AvgIpc) is 2.15. The van der Waals surface area contributed by atoms with Crippen LogP contribution in [0.2, 0.25) is 0 Å². The van der Waals surface area contributed by atoms with Gasteiger partial charge in [-0.3, -0.25) is 4.79 Å². The molecule has 0 aliphatic carbocycles. The van der Waals surface area contributed by atoms with Crippen molar-refractivity contribution >= 4 is 28.8 Å². The molecule has 0 spiro atoms. The first-order chi connectivity index (χ1) is 6.66. The summed E-state index contributed by atoms with van der Waals surface area (Å²) in [6, 6.07) is 0. The van der Waals surface area contributed by atoms with Gasteiger partial charge in [-0.2, -0.15) is 6.92 Å². The summed E-state index contributed by atoms with van der Waals surface area (Å²) in [5, 5.41) is 9.09. The molecular weight excluding hydrogens is 288 g/mol. The molecule has 2 fully saturated rings. The summed E-state index contributed by atoms with van der Waals surface area (Å²) in [5.74, 6) is 0.213. The zero-order chi connectivity index (χ0) is 11.0. The minimum absolute atomic E-state index is 0. The molecule has 0 aromatic rings. The topological polar surface area (TPSA) is 55.8 Å². The van der Waals surface area contributed by atoms with E-state index in [0.29, 0.717) is 26.4 Å². The Balaban J connectivity index is -0.000000169. The van der Waals surface area contributed by atoms with Crippen molar-refractivity contribution in [2.24, 2.45) is 0 Å². The van der Waals surface area contributed by atoms with Crippen molar-refractivity contribution < 1.29 is 36.4 Å². The van der Waals surface area contributed by atoms with Gasteiger partial charge in [-0.25, -0.2) is 0 Å². The second-order valence-corrected chi connectivity index (χ2v) is 3.10. The minimum Gasteiger partial charge on any atom is -1.00 e. The molecule has 0 aromatic carbocycles. The fourth-order valence-electron chi connectivity index (χ4n) is 0.727. The third-order valence-corrected chi connectivity index (χ3v) is 1.93. The smallest absolute Gasteiger partial charge is 1.00 e. The van der Waals surface area contributed by atoms with Gasteiger partial charge in [0.25, 0.3) is 0 Å². The van der Waals surface area contributed by atoms with E-state index in [2.05, 4.69) is 11.7 Å². The molecule has 0 atom stereocenters. The molecule has 2 heterocycles. The number of hydrogen-bond acceptors (Lipinski definition) is 4. The molecule has 0 amide bonds. The number of halogens is 1. The fraction of sp³-hybridized carbons (Fsp3) is 0.800. The Kier molecular flexibility index (Phi) is 16.9. The molecular formula is C10H19BrMgO4. The molecule has 2 aliphatic rings. The van der Waals surface area contributed by atoms with E-state index >= 15 is 0 Å². The van der Waals surface area contributed by atoms with Gasteiger partial charge in [-0.1, -0.05) is 6.92 Å². The number of Topliss-reactive ketones (excluding diaryl/α,β-unsaturated/α-hetero) is 1. The monoisotopic (exact) mass is 306 g/mol. The van der Waals surface area contributed by atoms with E-state index in [1.807, 2.05) is 6.92 Å². The summed E-state index contributed by atoms with van der Waals surface area (Å²) < 4.78 is 9.26.